The fourth-order valence-electron chi connectivity index (χ4n) is 5.91. The molecule has 4 rings (SSSR count). The number of likely N-dealkylation sites (tertiary alicyclic amines) is 1. The summed E-state index contributed by atoms with van der Waals surface area (Å²) in [5.41, 5.74) is 12.1. The van der Waals surface area contributed by atoms with E-state index in [0.717, 1.165) is 34.8 Å². The highest BCUT2D eigenvalue weighted by Gasteiger charge is 2.30. The molecule has 0 saturated carbocycles. The van der Waals surface area contributed by atoms with Crippen LogP contribution in [-0.2, 0) is 17.4 Å². The predicted molar refractivity (Wildman–Crippen MR) is 188 cm³/mol. The number of benzene rings is 1. The number of piperidine rings is 1. The number of thiazole rings is 1. The Labute approximate surface area is 271 Å². The van der Waals surface area contributed by atoms with Crippen LogP contribution in [0.4, 0.5) is 5.82 Å². The summed E-state index contributed by atoms with van der Waals surface area (Å²) in [6.45, 7) is 29.6. The number of aromatic nitrogens is 2. The summed E-state index contributed by atoms with van der Waals surface area (Å²) in [7, 11) is 0. The average Bonchev–Trinajstić information content (AvgIpc) is 3.39. The van der Waals surface area contributed by atoms with Gasteiger partial charge >= 0.3 is 0 Å². The van der Waals surface area contributed by atoms with Gasteiger partial charge in [-0.15, -0.1) is 11.3 Å². The zero-order chi connectivity index (χ0) is 32.7. The third-order valence-electron chi connectivity index (χ3n) is 8.24. The lowest BCUT2D eigenvalue weighted by Crippen LogP contribution is -2.45. The van der Waals surface area contributed by atoms with Gasteiger partial charge in [-0.1, -0.05) is 53.4 Å². The fraction of sp³-hybridized carbons (Fsp3) is 0.579. The second-order valence-corrected chi connectivity index (χ2v) is 17.5. The summed E-state index contributed by atoms with van der Waals surface area (Å²) in [5, 5.41) is 0.959. The Bertz CT molecular complexity index is 1520. The highest BCUT2D eigenvalue weighted by molar-refractivity contribution is 7.15. The van der Waals surface area contributed by atoms with Crippen LogP contribution in [0.5, 0.6) is 5.75 Å². The smallest absolute Gasteiger partial charge is 0.166 e. The molecule has 0 aliphatic carbocycles. The molecule has 2 N–H and O–H groups in total. The zero-order valence-electron chi connectivity index (χ0n) is 29.2. The van der Waals surface area contributed by atoms with Gasteiger partial charge in [0, 0.05) is 39.4 Å². The molecule has 1 aliphatic heterocycles. The Kier molecular flexibility index (Phi) is 9.65. The monoisotopic (exact) mass is 614 g/mol. The molecule has 3 aromatic rings. The van der Waals surface area contributed by atoms with Gasteiger partial charge in [-0.2, -0.15) is 0 Å². The van der Waals surface area contributed by atoms with Crippen LogP contribution in [0.15, 0.2) is 30.6 Å². The van der Waals surface area contributed by atoms with Crippen molar-refractivity contribution in [2.45, 2.75) is 125 Å². The number of anilines is 1. The standard InChI is InChI=1S/C38H54N4OS/c1-35(2,3)16-13-25-19-28(32(37(7,8)9)29(20-25)36(4,5)6)24-43-30-21-27(22-40-33(30)39)34-41-23-31(44-34)26-14-17-42(18-15-26)38(10,11)12/h19-23,26H,14-15,17-18,24H2,1-12H3,(H2,39,40). The molecule has 2 aromatic heterocycles. The molecule has 1 saturated heterocycles. The number of nitrogen functional groups attached to an aromatic ring is 1. The summed E-state index contributed by atoms with van der Waals surface area (Å²) in [6, 6.07) is 6.46. The van der Waals surface area contributed by atoms with Gasteiger partial charge in [0.2, 0.25) is 0 Å². The Morgan fingerprint density at radius 3 is 2.11 bits per heavy atom. The van der Waals surface area contributed by atoms with Gasteiger partial charge in [0.05, 0.1) is 0 Å². The number of hydrogen-bond donors (Lipinski definition) is 1. The van der Waals surface area contributed by atoms with E-state index in [9.17, 15) is 0 Å². The van der Waals surface area contributed by atoms with Crippen LogP contribution in [-0.4, -0.2) is 33.5 Å². The van der Waals surface area contributed by atoms with E-state index in [-0.39, 0.29) is 21.8 Å². The third kappa shape index (κ3) is 8.43. The molecule has 0 bridgehead atoms. The molecule has 238 valence electrons. The average molecular weight is 615 g/mol. The number of ether oxygens (including phenoxy) is 1. The molecular formula is C38H54N4OS. The van der Waals surface area contributed by atoms with Crippen molar-refractivity contribution in [1.29, 1.82) is 0 Å². The minimum atomic E-state index is -0.0821. The maximum absolute atomic E-state index is 6.49. The van der Waals surface area contributed by atoms with Gasteiger partial charge < -0.3 is 10.5 Å². The minimum Gasteiger partial charge on any atom is -0.485 e. The number of nitrogens with zero attached hydrogens (tertiary/aromatic N) is 3. The summed E-state index contributed by atoms with van der Waals surface area (Å²) in [5.74, 6) is 8.38. The largest absolute Gasteiger partial charge is 0.485 e. The highest BCUT2D eigenvalue weighted by Crippen LogP contribution is 2.40. The van der Waals surface area contributed by atoms with Crippen LogP contribution in [0.2, 0.25) is 0 Å². The molecule has 5 nitrogen and oxygen atoms in total. The van der Waals surface area contributed by atoms with Crippen molar-refractivity contribution in [3.05, 3.63) is 57.7 Å². The molecule has 0 unspecified atom stereocenters. The van der Waals surface area contributed by atoms with E-state index in [1.807, 2.05) is 12.3 Å². The van der Waals surface area contributed by atoms with Gasteiger partial charge in [-0.25, -0.2) is 9.97 Å². The number of nitrogens with two attached hydrogens (primary N) is 1. The van der Waals surface area contributed by atoms with E-state index in [1.165, 1.54) is 28.8 Å². The quantitative estimate of drug-likeness (QED) is 0.290. The molecule has 44 heavy (non-hydrogen) atoms. The summed E-state index contributed by atoms with van der Waals surface area (Å²) in [6.07, 6.45) is 6.20. The molecule has 1 aliphatic rings. The van der Waals surface area contributed by atoms with Crippen LogP contribution < -0.4 is 10.5 Å². The second kappa shape index (κ2) is 12.5. The highest BCUT2D eigenvalue weighted by atomic mass is 32.1. The lowest BCUT2D eigenvalue weighted by atomic mass is 9.72. The fourth-order valence-corrected chi connectivity index (χ4v) is 6.98. The van der Waals surface area contributed by atoms with E-state index in [2.05, 4.69) is 123 Å². The summed E-state index contributed by atoms with van der Waals surface area (Å²) >= 11 is 1.77. The van der Waals surface area contributed by atoms with Crippen LogP contribution in [0.1, 0.15) is 129 Å². The van der Waals surface area contributed by atoms with Gasteiger partial charge in [-0.05, 0) is 119 Å². The lowest BCUT2D eigenvalue weighted by molar-refractivity contribution is 0.103. The molecule has 1 aromatic carbocycles. The van der Waals surface area contributed by atoms with Crippen LogP contribution >= 0.6 is 11.3 Å². The Morgan fingerprint density at radius 1 is 0.886 bits per heavy atom. The first kappa shape index (κ1) is 34.0. The maximum atomic E-state index is 6.49. The van der Waals surface area contributed by atoms with E-state index >= 15 is 0 Å². The van der Waals surface area contributed by atoms with Crippen LogP contribution in [0, 0.1) is 17.3 Å². The van der Waals surface area contributed by atoms with Crippen molar-refractivity contribution in [3.63, 3.8) is 0 Å². The molecule has 0 amide bonds. The summed E-state index contributed by atoms with van der Waals surface area (Å²) < 4.78 is 6.49. The van der Waals surface area contributed by atoms with E-state index in [0.29, 0.717) is 24.1 Å². The number of rotatable bonds is 5. The van der Waals surface area contributed by atoms with Gasteiger partial charge in [-0.3, -0.25) is 4.90 Å². The number of hydrogen-bond acceptors (Lipinski definition) is 6. The van der Waals surface area contributed by atoms with Gasteiger partial charge in [0.25, 0.3) is 0 Å². The normalized spacial score (nSPS) is 15.6. The van der Waals surface area contributed by atoms with E-state index in [1.54, 1.807) is 11.3 Å². The molecule has 0 atom stereocenters. The van der Waals surface area contributed by atoms with Gasteiger partial charge in [0.15, 0.2) is 11.6 Å². The lowest BCUT2D eigenvalue weighted by Gasteiger charge is -2.40. The first-order valence-corrected chi connectivity index (χ1v) is 16.8. The first-order chi connectivity index (χ1) is 20.2. The van der Waals surface area contributed by atoms with Crippen molar-refractivity contribution >= 4 is 17.2 Å². The van der Waals surface area contributed by atoms with Crippen LogP contribution in [0.3, 0.4) is 0 Å². The second-order valence-electron chi connectivity index (χ2n) is 16.5. The Hall–Kier alpha value is -2.88. The maximum Gasteiger partial charge on any atom is 0.166 e. The van der Waals surface area contributed by atoms with E-state index < -0.39 is 0 Å². The molecule has 3 heterocycles. The Balaban J connectivity index is 1.62. The molecule has 0 spiro atoms. The van der Waals surface area contributed by atoms with Gasteiger partial charge in [0.1, 0.15) is 11.6 Å². The summed E-state index contributed by atoms with van der Waals surface area (Å²) in [4.78, 5) is 13.3. The molecule has 6 heteroatoms. The molecule has 1 fully saturated rings. The van der Waals surface area contributed by atoms with Crippen molar-refractivity contribution in [3.8, 4) is 28.2 Å². The first-order valence-electron chi connectivity index (χ1n) is 16.0. The van der Waals surface area contributed by atoms with Crippen molar-refractivity contribution in [2.75, 3.05) is 18.8 Å². The zero-order valence-corrected chi connectivity index (χ0v) is 30.1. The Morgan fingerprint density at radius 2 is 1.55 bits per heavy atom. The minimum absolute atomic E-state index is 0.0524. The van der Waals surface area contributed by atoms with Crippen LogP contribution in [0.25, 0.3) is 10.6 Å². The van der Waals surface area contributed by atoms with Crippen molar-refractivity contribution < 1.29 is 4.74 Å². The topological polar surface area (TPSA) is 64.3 Å². The third-order valence-corrected chi connectivity index (χ3v) is 9.45. The van der Waals surface area contributed by atoms with Crippen molar-refractivity contribution in [1.82, 2.24) is 14.9 Å². The molecular weight excluding hydrogens is 561 g/mol. The number of pyridine rings is 1. The van der Waals surface area contributed by atoms with E-state index in [4.69, 9.17) is 15.5 Å². The molecule has 0 radical (unpaired) electrons. The van der Waals surface area contributed by atoms with Crippen molar-refractivity contribution in [2.24, 2.45) is 5.41 Å². The predicted octanol–water partition coefficient (Wildman–Crippen LogP) is 9.34. The SMILES string of the molecule is CC(C)(C)C#Cc1cc(COc2cc(-c3ncc(C4CCN(C(C)(C)C)CC4)s3)cnc2N)c(C(C)(C)C)c(C(C)(C)C)c1.